The van der Waals surface area contributed by atoms with E-state index in [-0.39, 0.29) is 0 Å². The minimum absolute atomic E-state index is 0.508. The van der Waals surface area contributed by atoms with Crippen molar-refractivity contribution in [2.75, 3.05) is 13.7 Å². The maximum Gasteiger partial charge on any atom is 0.123 e. The van der Waals surface area contributed by atoms with Crippen molar-refractivity contribution in [1.29, 1.82) is 0 Å². The molecule has 3 rings (SSSR count). The number of aryl methyl sites for hydroxylation is 2. The summed E-state index contributed by atoms with van der Waals surface area (Å²) < 4.78 is 5.62. The Balaban J connectivity index is 1.99. The van der Waals surface area contributed by atoms with Crippen LogP contribution in [-0.2, 0) is 12.8 Å². The minimum atomic E-state index is 0.508. The van der Waals surface area contributed by atoms with Gasteiger partial charge in [0.05, 0.1) is 7.11 Å². The van der Waals surface area contributed by atoms with Gasteiger partial charge in [-0.05, 0) is 62.3 Å². The first kappa shape index (κ1) is 12.0. The molecule has 1 N–H and O–H groups in total. The van der Waals surface area contributed by atoms with Crippen molar-refractivity contribution in [2.24, 2.45) is 0 Å². The summed E-state index contributed by atoms with van der Waals surface area (Å²) in [6.07, 6.45) is 9.05. The van der Waals surface area contributed by atoms with E-state index in [9.17, 15) is 0 Å². The molecule has 18 heavy (non-hydrogen) atoms. The summed E-state index contributed by atoms with van der Waals surface area (Å²) in [6.45, 7) is 1.14. The summed E-state index contributed by atoms with van der Waals surface area (Å²) >= 11 is 0. The molecule has 0 aromatic heterocycles. The second kappa shape index (κ2) is 5.31. The van der Waals surface area contributed by atoms with Crippen LogP contribution in [0.2, 0.25) is 0 Å². The molecule has 1 saturated heterocycles. The molecule has 0 spiro atoms. The molecule has 1 unspecified atom stereocenters. The largest absolute Gasteiger partial charge is 0.496 e. The van der Waals surface area contributed by atoms with Gasteiger partial charge in [-0.3, -0.25) is 0 Å². The molecule has 0 saturated carbocycles. The monoisotopic (exact) mass is 245 g/mol. The predicted octanol–water partition coefficient (Wildman–Crippen LogP) is 3.39. The zero-order valence-electron chi connectivity index (χ0n) is 11.3. The van der Waals surface area contributed by atoms with Crippen LogP contribution in [-0.4, -0.2) is 13.7 Å². The van der Waals surface area contributed by atoms with Crippen molar-refractivity contribution in [1.82, 2.24) is 5.32 Å². The van der Waals surface area contributed by atoms with E-state index in [2.05, 4.69) is 17.4 Å². The summed E-state index contributed by atoms with van der Waals surface area (Å²) in [5, 5.41) is 3.59. The van der Waals surface area contributed by atoms with Gasteiger partial charge in [0.15, 0.2) is 0 Å². The average molecular weight is 245 g/mol. The second-order valence-corrected chi connectivity index (χ2v) is 5.57. The molecule has 1 aromatic rings. The number of fused-ring (bicyclic) bond motifs is 1. The highest BCUT2D eigenvalue weighted by atomic mass is 16.5. The normalized spacial score (nSPS) is 23.5. The highest BCUT2D eigenvalue weighted by Gasteiger charge is 2.22. The standard InChI is InChI=1S/C16H23NO/c1-18-16-11-13-7-4-2-3-6-12(13)10-14(16)15-8-5-9-17-15/h10-11,15,17H,2-9H2,1H3. The van der Waals surface area contributed by atoms with Crippen molar-refractivity contribution in [3.05, 3.63) is 28.8 Å². The van der Waals surface area contributed by atoms with Gasteiger partial charge in [0, 0.05) is 11.6 Å². The molecule has 2 heteroatoms. The number of ether oxygens (including phenoxy) is 1. The lowest BCUT2D eigenvalue weighted by atomic mass is 9.95. The van der Waals surface area contributed by atoms with Gasteiger partial charge in [0.25, 0.3) is 0 Å². The fraction of sp³-hybridized carbons (Fsp3) is 0.625. The van der Waals surface area contributed by atoms with Gasteiger partial charge in [0.2, 0.25) is 0 Å². The molecule has 1 aliphatic heterocycles. The summed E-state index contributed by atoms with van der Waals surface area (Å²) in [4.78, 5) is 0. The van der Waals surface area contributed by atoms with Crippen LogP contribution in [0.1, 0.15) is 54.8 Å². The van der Waals surface area contributed by atoms with Crippen LogP contribution in [0.4, 0.5) is 0 Å². The number of hydrogen-bond donors (Lipinski definition) is 1. The van der Waals surface area contributed by atoms with Crippen molar-refractivity contribution in [3.63, 3.8) is 0 Å². The van der Waals surface area contributed by atoms with Gasteiger partial charge in [-0.2, -0.15) is 0 Å². The molecule has 0 amide bonds. The molecule has 1 aromatic carbocycles. The maximum absolute atomic E-state index is 5.62. The molecule has 1 heterocycles. The Morgan fingerprint density at radius 1 is 1.06 bits per heavy atom. The molecule has 1 fully saturated rings. The average Bonchev–Trinajstić information content (AvgIpc) is 2.83. The van der Waals surface area contributed by atoms with Crippen molar-refractivity contribution in [2.45, 2.75) is 51.0 Å². The molecule has 0 radical (unpaired) electrons. The molecule has 98 valence electrons. The summed E-state index contributed by atoms with van der Waals surface area (Å²) in [5.41, 5.74) is 4.47. The zero-order chi connectivity index (χ0) is 12.4. The van der Waals surface area contributed by atoms with Crippen LogP contribution in [0.5, 0.6) is 5.75 Å². The molecular weight excluding hydrogens is 222 g/mol. The lowest BCUT2D eigenvalue weighted by Crippen LogP contribution is -2.14. The fourth-order valence-electron chi connectivity index (χ4n) is 3.36. The van der Waals surface area contributed by atoms with Crippen molar-refractivity contribution < 1.29 is 4.74 Å². The predicted molar refractivity (Wildman–Crippen MR) is 74.2 cm³/mol. The molecular formula is C16H23NO. The second-order valence-electron chi connectivity index (χ2n) is 5.57. The third kappa shape index (κ3) is 2.26. The molecule has 2 aliphatic rings. The summed E-state index contributed by atoms with van der Waals surface area (Å²) in [6, 6.07) is 5.23. The van der Waals surface area contributed by atoms with E-state index in [1.807, 2.05) is 0 Å². The Morgan fingerprint density at radius 3 is 2.50 bits per heavy atom. The van der Waals surface area contributed by atoms with Crippen LogP contribution < -0.4 is 10.1 Å². The smallest absolute Gasteiger partial charge is 0.123 e. The minimum Gasteiger partial charge on any atom is -0.496 e. The van der Waals surface area contributed by atoms with Crippen LogP contribution in [0, 0.1) is 0 Å². The van der Waals surface area contributed by atoms with E-state index in [1.54, 1.807) is 12.7 Å². The van der Waals surface area contributed by atoms with Crippen LogP contribution in [0.15, 0.2) is 12.1 Å². The van der Waals surface area contributed by atoms with Crippen LogP contribution in [0.3, 0.4) is 0 Å². The van der Waals surface area contributed by atoms with Gasteiger partial charge in [-0.1, -0.05) is 12.5 Å². The lowest BCUT2D eigenvalue weighted by Gasteiger charge is -2.18. The van der Waals surface area contributed by atoms with E-state index >= 15 is 0 Å². The number of hydrogen-bond acceptors (Lipinski definition) is 2. The summed E-state index contributed by atoms with van der Waals surface area (Å²) in [7, 11) is 1.80. The Kier molecular flexibility index (Phi) is 3.55. The Bertz CT molecular complexity index is 421. The Hall–Kier alpha value is -1.02. The van der Waals surface area contributed by atoms with Gasteiger partial charge in [-0.15, -0.1) is 0 Å². The Labute approximate surface area is 110 Å². The first-order valence-corrected chi connectivity index (χ1v) is 7.31. The van der Waals surface area contributed by atoms with Gasteiger partial charge in [-0.25, -0.2) is 0 Å². The van der Waals surface area contributed by atoms with Crippen LogP contribution >= 0.6 is 0 Å². The van der Waals surface area contributed by atoms with E-state index in [1.165, 1.54) is 56.1 Å². The number of benzene rings is 1. The number of nitrogens with one attached hydrogen (secondary N) is 1. The van der Waals surface area contributed by atoms with E-state index < -0.39 is 0 Å². The lowest BCUT2D eigenvalue weighted by molar-refractivity contribution is 0.402. The van der Waals surface area contributed by atoms with Gasteiger partial charge < -0.3 is 10.1 Å². The maximum atomic E-state index is 5.62. The summed E-state index contributed by atoms with van der Waals surface area (Å²) in [5.74, 6) is 1.09. The van der Waals surface area contributed by atoms with Gasteiger partial charge >= 0.3 is 0 Å². The topological polar surface area (TPSA) is 21.3 Å². The van der Waals surface area contributed by atoms with Gasteiger partial charge in [0.1, 0.15) is 5.75 Å². The first-order valence-electron chi connectivity index (χ1n) is 7.31. The number of methoxy groups -OCH3 is 1. The van der Waals surface area contributed by atoms with Crippen molar-refractivity contribution >= 4 is 0 Å². The fourth-order valence-corrected chi connectivity index (χ4v) is 3.36. The Morgan fingerprint density at radius 2 is 1.83 bits per heavy atom. The molecule has 2 nitrogen and oxygen atoms in total. The molecule has 0 bridgehead atoms. The highest BCUT2D eigenvalue weighted by molar-refractivity contribution is 5.45. The highest BCUT2D eigenvalue weighted by Crippen LogP contribution is 2.35. The number of rotatable bonds is 2. The third-order valence-corrected chi connectivity index (χ3v) is 4.38. The molecule has 1 aliphatic carbocycles. The molecule has 1 atom stereocenters. The quantitative estimate of drug-likeness (QED) is 0.806. The van der Waals surface area contributed by atoms with Crippen LogP contribution in [0.25, 0.3) is 0 Å². The third-order valence-electron chi connectivity index (χ3n) is 4.38. The first-order chi connectivity index (χ1) is 8.88. The van der Waals surface area contributed by atoms with E-state index in [0.717, 1.165) is 12.3 Å². The van der Waals surface area contributed by atoms with Crippen molar-refractivity contribution in [3.8, 4) is 5.75 Å². The van der Waals surface area contributed by atoms with E-state index in [4.69, 9.17) is 4.74 Å². The SMILES string of the molecule is COc1cc2c(cc1C1CCCN1)CCCCC2. The van der Waals surface area contributed by atoms with E-state index in [0.29, 0.717) is 6.04 Å². The zero-order valence-corrected chi connectivity index (χ0v) is 11.3.